The molecule has 0 aromatic heterocycles. The lowest BCUT2D eigenvalue weighted by molar-refractivity contribution is 0.611. The first-order valence-electron chi connectivity index (χ1n) is 4.14. The van der Waals surface area contributed by atoms with Crippen molar-refractivity contribution >= 4 is 15.9 Å². The van der Waals surface area contributed by atoms with Gasteiger partial charge in [0.2, 0.25) is 0 Å². The highest BCUT2D eigenvalue weighted by atomic mass is 79.9. The van der Waals surface area contributed by atoms with Crippen LogP contribution < -0.4 is 5.32 Å². The summed E-state index contributed by atoms with van der Waals surface area (Å²) >= 11 is 3.39. The predicted molar refractivity (Wildman–Crippen MR) is 59.4 cm³/mol. The molecule has 1 nitrogen and oxygen atoms in total. The fourth-order valence-corrected chi connectivity index (χ4v) is 1.46. The summed E-state index contributed by atoms with van der Waals surface area (Å²) in [7, 11) is 1.92. The van der Waals surface area contributed by atoms with Gasteiger partial charge in [-0.25, -0.2) is 0 Å². The molecule has 0 amide bonds. The zero-order chi connectivity index (χ0) is 9.68. The van der Waals surface area contributed by atoms with E-state index in [9.17, 15) is 0 Å². The van der Waals surface area contributed by atoms with E-state index >= 15 is 0 Å². The Labute approximate surface area is 87.7 Å². The maximum absolute atomic E-state index is 5.27. The minimum Gasteiger partial charge on any atom is -0.312 e. The molecular weight excluding hydrogens is 226 g/mol. The van der Waals surface area contributed by atoms with Gasteiger partial charge in [-0.1, -0.05) is 28.1 Å². The van der Waals surface area contributed by atoms with Crippen molar-refractivity contribution in [1.29, 1.82) is 0 Å². The molecule has 13 heavy (non-hydrogen) atoms. The number of hydrogen-bond acceptors (Lipinski definition) is 1. The molecule has 1 N–H and O–H groups in total. The average Bonchev–Trinajstić information content (AvgIpc) is 2.16. The van der Waals surface area contributed by atoms with Crippen molar-refractivity contribution in [2.45, 2.75) is 12.5 Å². The van der Waals surface area contributed by atoms with Gasteiger partial charge in [0.1, 0.15) is 0 Å². The molecule has 1 aromatic carbocycles. The normalized spacial score (nSPS) is 12.1. The van der Waals surface area contributed by atoms with Crippen LogP contribution in [0.25, 0.3) is 0 Å². The molecule has 0 saturated carbocycles. The van der Waals surface area contributed by atoms with Crippen molar-refractivity contribution in [1.82, 2.24) is 5.32 Å². The molecule has 0 spiro atoms. The molecule has 2 heteroatoms. The van der Waals surface area contributed by atoms with Gasteiger partial charge < -0.3 is 5.32 Å². The van der Waals surface area contributed by atoms with E-state index in [0.29, 0.717) is 0 Å². The van der Waals surface area contributed by atoms with Gasteiger partial charge in [0.15, 0.2) is 0 Å². The molecule has 0 saturated heterocycles. The van der Waals surface area contributed by atoms with Crippen LogP contribution in [0.5, 0.6) is 0 Å². The zero-order valence-electron chi connectivity index (χ0n) is 7.55. The fourth-order valence-electron chi connectivity index (χ4n) is 1.20. The Morgan fingerprint density at radius 3 is 2.54 bits per heavy atom. The van der Waals surface area contributed by atoms with Crippen LogP contribution >= 0.6 is 15.9 Å². The number of halogens is 1. The van der Waals surface area contributed by atoms with E-state index in [2.05, 4.69) is 39.3 Å². The van der Waals surface area contributed by atoms with Crippen molar-refractivity contribution in [3.63, 3.8) is 0 Å². The second-order valence-corrected chi connectivity index (χ2v) is 3.72. The maximum Gasteiger partial charge on any atom is 0.0428 e. The van der Waals surface area contributed by atoms with E-state index in [-0.39, 0.29) is 6.04 Å². The standard InChI is InChI=1S/C11H12BrN/c1-3-4-11(13-2)9-5-7-10(12)8-6-9/h1,5-8,11,13H,4H2,2H3. The van der Waals surface area contributed by atoms with Gasteiger partial charge in [-0.2, -0.15) is 0 Å². The van der Waals surface area contributed by atoms with Crippen LogP contribution in [-0.4, -0.2) is 7.05 Å². The van der Waals surface area contributed by atoms with Crippen LogP contribution in [0.2, 0.25) is 0 Å². The van der Waals surface area contributed by atoms with Gasteiger partial charge in [0.25, 0.3) is 0 Å². The molecule has 0 aliphatic heterocycles. The quantitative estimate of drug-likeness (QED) is 0.798. The third-order valence-electron chi connectivity index (χ3n) is 1.94. The van der Waals surface area contributed by atoms with E-state index < -0.39 is 0 Å². The Hall–Kier alpha value is -0.780. The van der Waals surface area contributed by atoms with Gasteiger partial charge in [-0.3, -0.25) is 0 Å². The lowest BCUT2D eigenvalue weighted by atomic mass is 10.0. The van der Waals surface area contributed by atoms with Crippen LogP contribution in [-0.2, 0) is 0 Å². The molecule has 0 radical (unpaired) electrons. The summed E-state index contributed by atoms with van der Waals surface area (Å²) in [4.78, 5) is 0. The van der Waals surface area contributed by atoms with E-state index in [4.69, 9.17) is 6.42 Å². The Morgan fingerprint density at radius 1 is 1.46 bits per heavy atom. The highest BCUT2D eigenvalue weighted by Gasteiger charge is 2.05. The lowest BCUT2D eigenvalue weighted by Crippen LogP contribution is -2.15. The molecule has 1 aromatic rings. The number of rotatable bonds is 3. The molecule has 0 bridgehead atoms. The van der Waals surface area contributed by atoms with E-state index in [1.165, 1.54) is 5.56 Å². The van der Waals surface area contributed by atoms with Gasteiger partial charge in [0, 0.05) is 16.9 Å². The van der Waals surface area contributed by atoms with E-state index in [0.717, 1.165) is 10.9 Å². The summed E-state index contributed by atoms with van der Waals surface area (Å²) in [5.74, 6) is 2.66. The highest BCUT2D eigenvalue weighted by molar-refractivity contribution is 9.10. The Kier molecular flexibility index (Phi) is 4.01. The number of benzene rings is 1. The first kappa shape index (κ1) is 10.3. The van der Waals surface area contributed by atoms with Crippen molar-refractivity contribution in [2.75, 3.05) is 7.05 Å². The van der Waals surface area contributed by atoms with Gasteiger partial charge >= 0.3 is 0 Å². The second kappa shape index (κ2) is 5.06. The first-order chi connectivity index (χ1) is 6.27. The summed E-state index contributed by atoms with van der Waals surface area (Å²) in [6, 6.07) is 8.45. The molecule has 0 fully saturated rings. The van der Waals surface area contributed by atoms with Gasteiger partial charge in [-0.15, -0.1) is 12.3 Å². The molecule has 0 aliphatic rings. The molecule has 1 unspecified atom stereocenters. The Balaban J connectivity index is 2.80. The first-order valence-corrected chi connectivity index (χ1v) is 4.93. The van der Waals surface area contributed by atoms with E-state index in [1.807, 2.05) is 19.2 Å². The third-order valence-corrected chi connectivity index (χ3v) is 2.47. The third kappa shape index (κ3) is 2.87. The molecular formula is C11H12BrN. The smallest absolute Gasteiger partial charge is 0.0428 e. The van der Waals surface area contributed by atoms with Crippen LogP contribution in [0, 0.1) is 12.3 Å². The van der Waals surface area contributed by atoms with Crippen molar-refractivity contribution in [2.24, 2.45) is 0 Å². The molecule has 1 atom stereocenters. The van der Waals surface area contributed by atoms with Crippen molar-refractivity contribution in [3.8, 4) is 12.3 Å². The zero-order valence-corrected chi connectivity index (χ0v) is 9.14. The highest BCUT2D eigenvalue weighted by Crippen LogP contribution is 2.18. The minimum atomic E-state index is 0.262. The second-order valence-electron chi connectivity index (χ2n) is 2.80. The average molecular weight is 238 g/mol. The SMILES string of the molecule is C#CCC(NC)c1ccc(Br)cc1. The van der Waals surface area contributed by atoms with E-state index in [1.54, 1.807) is 0 Å². The number of terminal acetylenes is 1. The van der Waals surface area contributed by atoms with Crippen LogP contribution in [0.4, 0.5) is 0 Å². The van der Waals surface area contributed by atoms with Crippen LogP contribution in [0.15, 0.2) is 28.7 Å². The predicted octanol–water partition coefficient (Wildman–Crippen LogP) is 2.73. The fraction of sp³-hybridized carbons (Fsp3) is 0.273. The maximum atomic E-state index is 5.27. The monoisotopic (exact) mass is 237 g/mol. The summed E-state index contributed by atoms with van der Waals surface area (Å²) in [6.45, 7) is 0. The molecule has 68 valence electrons. The summed E-state index contributed by atoms with van der Waals surface area (Å²) in [5.41, 5.74) is 1.23. The Morgan fingerprint density at radius 2 is 2.08 bits per heavy atom. The molecule has 0 heterocycles. The summed E-state index contributed by atoms with van der Waals surface area (Å²) in [5, 5.41) is 3.18. The summed E-state index contributed by atoms with van der Waals surface area (Å²) in [6.07, 6.45) is 5.99. The van der Waals surface area contributed by atoms with Gasteiger partial charge in [0.05, 0.1) is 0 Å². The largest absolute Gasteiger partial charge is 0.312 e. The lowest BCUT2D eigenvalue weighted by Gasteiger charge is -2.13. The molecule has 1 rings (SSSR count). The van der Waals surface area contributed by atoms with Gasteiger partial charge in [-0.05, 0) is 24.7 Å². The van der Waals surface area contributed by atoms with Crippen LogP contribution in [0.1, 0.15) is 18.0 Å². The van der Waals surface area contributed by atoms with Crippen LogP contribution in [0.3, 0.4) is 0 Å². The molecule has 0 aliphatic carbocycles. The van der Waals surface area contributed by atoms with Crippen molar-refractivity contribution in [3.05, 3.63) is 34.3 Å². The number of hydrogen-bond donors (Lipinski definition) is 1. The Bertz CT molecular complexity index is 297. The van der Waals surface area contributed by atoms with Crippen molar-refractivity contribution < 1.29 is 0 Å². The number of nitrogens with one attached hydrogen (secondary N) is 1. The minimum absolute atomic E-state index is 0.262. The topological polar surface area (TPSA) is 12.0 Å². The summed E-state index contributed by atoms with van der Waals surface area (Å²) < 4.78 is 1.09.